The number of ketones is 2. The Morgan fingerprint density at radius 1 is 1.07 bits per heavy atom. The number of carbonyl (C=O) groups is 3. The van der Waals surface area contributed by atoms with Crippen LogP contribution < -0.4 is 10.6 Å². The van der Waals surface area contributed by atoms with Gasteiger partial charge in [0.25, 0.3) is 5.91 Å². The van der Waals surface area contributed by atoms with Crippen molar-refractivity contribution < 1.29 is 34.8 Å². The topological polar surface area (TPSA) is 165 Å². The molecular weight excluding hydrogens is 550 g/mol. The van der Waals surface area contributed by atoms with Crippen molar-refractivity contribution in [3.63, 3.8) is 0 Å². The molecule has 1 amide bonds. The monoisotopic (exact) mass is 589 g/mol. The van der Waals surface area contributed by atoms with Crippen LogP contribution in [-0.4, -0.2) is 82.6 Å². The van der Waals surface area contributed by atoms with Crippen LogP contribution in [0.5, 0.6) is 5.75 Å². The molecule has 10 nitrogen and oxygen atoms in total. The van der Waals surface area contributed by atoms with E-state index in [2.05, 4.69) is 6.92 Å². The molecule has 4 atom stereocenters. The maximum absolute atomic E-state index is 14.2. The summed E-state index contributed by atoms with van der Waals surface area (Å²) in [5, 5.41) is 46.0. The van der Waals surface area contributed by atoms with E-state index in [4.69, 9.17) is 5.73 Å². The van der Waals surface area contributed by atoms with Crippen LogP contribution in [0.3, 0.4) is 0 Å². The molecule has 6 N–H and O–H groups in total. The molecule has 3 aliphatic rings. The summed E-state index contributed by atoms with van der Waals surface area (Å²) in [6.07, 6.45) is 3.34. The number of aliphatic hydroxyl groups excluding tert-OH is 2. The number of benzene rings is 2. The van der Waals surface area contributed by atoms with Gasteiger partial charge in [0.2, 0.25) is 5.78 Å². The second kappa shape index (κ2) is 10.8. The Morgan fingerprint density at radius 3 is 2.28 bits per heavy atom. The zero-order valence-electron chi connectivity index (χ0n) is 25.1. The lowest BCUT2D eigenvalue weighted by molar-refractivity contribution is -0.148. The molecule has 3 aliphatic carbocycles. The number of phenolic OH excluding ortho intramolecular Hbond substituents is 1. The van der Waals surface area contributed by atoms with Crippen molar-refractivity contribution >= 4 is 23.2 Å². The van der Waals surface area contributed by atoms with E-state index in [1.54, 1.807) is 14.1 Å². The van der Waals surface area contributed by atoms with E-state index in [0.717, 1.165) is 19.3 Å². The van der Waals surface area contributed by atoms with Crippen molar-refractivity contribution in [3.05, 3.63) is 69.7 Å². The number of aliphatic hydroxyl groups is 3. The summed E-state index contributed by atoms with van der Waals surface area (Å²) < 4.78 is 0. The summed E-state index contributed by atoms with van der Waals surface area (Å²) in [5.41, 5.74) is 5.37. The summed E-state index contributed by atoms with van der Waals surface area (Å²) in [6.45, 7) is 2.13. The van der Waals surface area contributed by atoms with Gasteiger partial charge in [-0.1, -0.05) is 37.6 Å². The van der Waals surface area contributed by atoms with E-state index in [1.807, 2.05) is 49.3 Å². The van der Waals surface area contributed by atoms with Gasteiger partial charge in [0.15, 0.2) is 11.4 Å². The zero-order valence-corrected chi connectivity index (χ0v) is 25.1. The van der Waals surface area contributed by atoms with Gasteiger partial charge in [-0.2, -0.15) is 0 Å². The minimum atomic E-state index is -2.67. The third-order valence-electron chi connectivity index (χ3n) is 9.26. The number of Topliss-reactive ketones (excluding diaryl/α,β-unsaturated/α-hetero) is 2. The number of allylic oxidation sites excluding steroid dienone is 1. The highest BCUT2D eigenvalue weighted by Crippen LogP contribution is 2.54. The molecule has 0 fully saturated rings. The Hall–Kier alpha value is -4.15. The highest BCUT2D eigenvalue weighted by molar-refractivity contribution is 6.25. The molecule has 0 bridgehead atoms. The van der Waals surface area contributed by atoms with Crippen LogP contribution in [0.15, 0.2) is 53.0 Å². The fourth-order valence-corrected chi connectivity index (χ4v) is 7.15. The number of carbonyl (C=O) groups excluding carboxylic acids is 3. The smallest absolute Gasteiger partial charge is 0.255 e. The van der Waals surface area contributed by atoms with Gasteiger partial charge in [-0.05, 0) is 68.5 Å². The fourth-order valence-electron chi connectivity index (χ4n) is 7.15. The molecule has 43 heavy (non-hydrogen) atoms. The first-order chi connectivity index (χ1) is 20.2. The number of aromatic hydroxyl groups is 1. The molecule has 0 spiro atoms. The average Bonchev–Trinajstić information content (AvgIpc) is 2.93. The molecule has 2 aromatic carbocycles. The number of amides is 1. The number of phenols is 1. The predicted molar refractivity (Wildman–Crippen MR) is 162 cm³/mol. The summed E-state index contributed by atoms with van der Waals surface area (Å²) in [4.78, 5) is 43.4. The van der Waals surface area contributed by atoms with Crippen LogP contribution in [0.4, 0.5) is 5.69 Å². The van der Waals surface area contributed by atoms with Crippen molar-refractivity contribution in [2.75, 3.05) is 33.1 Å². The number of primary amides is 1. The number of nitrogens with two attached hydrogens (primary N) is 1. The maximum atomic E-state index is 14.2. The van der Waals surface area contributed by atoms with E-state index < -0.39 is 58.0 Å². The molecule has 0 aliphatic heterocycles. The number of fused-ring (bicyclic) bond motifs is 3. The van der Waals surface area contributed by atoms with E-state index in [-0.39, 0.29) is 29.7 Å². The van der Waals surface area contributed by atoms with Crippen LogP contribution in [0.25, 0.3) is 11.1 Å². The SMILES string of the molecule is CCCCc1ccc(-c2cc(N(C)C)c3c(c2O)C(=O)C2=C(O)[C@]4(O)C(=O)C(C(N)=O)=C(O)[C@H](N(C)C)[C@@H]4C[C@@H]2C3)cc1. The van der Waals surface area contributed by atoms with Gasteiger partial charge >= 0.3 is 0 Å². The minimum Gasteiger partial charge on any atom is -0.510 e. The van der Waals surface area contributed by atoms with Gasteiger partial charge in [-0.25, -0.2) is 0 Å². The highest BCUT2D eigenvalue weighted by Gasteiger charge is 2.63. The number of anilines is 1. The van der Waals surface area contributed by atoms with Gasteiger partial charge in [-0.3, -0.25) is 19.3 Å². The van der Waals surface area contributed by atoms with Crippen molar-refractivity contribution in [1.82, 2.24) is 4.90 Å². The molecule has 0 aromatic heterocycles. The third-order valence-corrected chi connectivity index (χ3v) is 9.26. The van der Waals surface area contributed by atoms with Crippen LogP contribution in [0, 0.1) is 11.8 Å². The van der Waals surface area contributed by atoms with E-state index in [0.29, 0.717) is 22.4 Å². The van der Waals surface area contributed by atoms with Crippen LogP contribution in [-0.2, 0) is 22.4 Å². The lowest BCUT2D eigenvalue weighted by Crippen LogP contribution is -2.63. The number of hydrogen-bond acceptors (Lipinski definition) is 9. The molecular formula is C33H39N3O7. The maximum Gasteiger partial charge on any atom is 0.255 e. The Bertz CT molecular complexity index is 1590. The van der Waals surface area contributed by atoms with Gasteiger partial charge in [0, 0.05) is 36.8 Å². The molecule has 0 heterocycles. The Kier molecular flexibility index (Phi) is 7.64. The summed E-state index contributed by atoms with van der Waals surface area (Å²) in [7, 11) is 6.89. The first-order valence-corrected chi connectivity index (χ1v) is 14.6. The number of hydrogen-bond donors (Lipinski definition) is 5. The number of aryl methyl sites for hydroxylation is 1. The standard InChI is InChI=1S/C33H39N3O7/c1-6-7-8-16-9-11-17(12-10-16)19-15-22(35(2)3)20-13-18-14-21-26(36(4)5)29(39)25(32(34)42)31(41)33(21,43)30(40)23(18)28(38)24(20)27(19)37/h9-12,15,18,21,26,37,39-40,43H,6-8,13-14H2,1-5H3,(H2,34,42)/t18-,21-,26+,33-/m0/s1. The zero-order chi connectivity index (χ0) is 31.5. The lowest BCUT2D eigenvalue weighted by Gasteiger charge is -2.50. The second-order valence-electron chi connectivity index (χ2n) is 12.3. The normalized spacial score (nSPS) is 25.0. The molecule has 0 saturated carbocycles. The van der Waals surface area contributed by atoms with E-state index in [1.165, 1.54) is 10.5 Å². The second-order valence-corrected chi connectivity index (χ2v) is 12.3. The number of nitrogens with zero attached hydrogens (tertiary/aromatic N) is 2. The quantitative estimate of drug-likeness (QED) is 0.305. The molecule has 5 rings (SSSR count). The van der Waals surface area contributed by atoms with Crippen LogP contribution >= 0.6 is 0 Å². The fraction of sp³-hybridized carbons (Fsp3) is 0.424. The third kappa shape index (κ3) is 4.51. The van der Waals surface area contributed by atoms with E-state index in [9.17, 15) is 34.8 Å². The van der Waals surface area contributed by atoms with Crippen LogP contribution in [0.2, 0.25) is 0 Å². The number of unbranched alkanes of at least 4 members (excludes halogenated alkanes) is 1. The Labute approximate surface area is 250 Å². The molecule has 2 aromatic rings. The van der Waals surface area contributed by atoms with Crippen molar-refractivity contribution in [1.29, 1.82) is 0 Å². The lowest BCUT2D eigenvalue weighted by atomic mass is 9.58. The molecule has 0 saturated heterocycles. The predicted octanol–water partition coefficient (Wildman–Crippen LogP) is 3.20. The first kappa shape index (κ1) is 30.3. The van der Waals surface area contributed by atoms with Gasteiger partial charge in [0.05, 0.1) is 11.6 Å². The van der Waals surface area contributed by atoms with Crippen molar-refractivity contribution in [2.24, 2.45) is 17.6 Å². The van der Waals surface area contributed by atoms with Crippen molar-refractivity contribution in [3.8, 4) is 16.9 Å². The Balaban J connectivity index is 1.69. The van der Waals surface area contributed by atoms with Crippen LogP contribution in [0.1, 0.15) is 47.7 Å². The number of rotatable bonds is 7. The first-order valence-electron chi connectivity index (χ1n) is 14.6. The van der Waals surface area contributed by atoms with Gasteiger partial charge < -0.3 is 31.1 Å². The summed E-state index contributed by atoms with van der Waals surface area (Å²) >= 11 is 0. The summed E-state index contributed by atoms with van der Waals surface area (Å²) in [6, 6.07) is 8.61. The Morgan fingerprint density at radius 2 is 1.72 bits per heavy atom. The average molecular weight is 590 g/mol. The largest absolute Gasteiger partial charge is 0.510 e. The molecule has 0 radical (unpaired) electrons. The van der Waals surface area contributed by atoms with Gasteiger partial charge in [0.1, 0.15) is 22.8 Å². The van der Waals surface area contributed by atoms with E-state index >= 15 is 0 Å². The summed E-state index contributed by atoms with van der Waals surface area (Å²) in [5.74, 6) is -6.62. The minimum absolute atomic E-state index is 0.00274. The van der Waals surface area contributed by atoms with Crippen molar-refractivity contribution in [2.45, 2.75) is 50.7 Å². The molecule has 0 unspecified atom stereocenters. The number of likely N-dealkylation sites (N-methyl/N-ethyl adjacent to an activating group) is 1. The molecule has 10 heteroatoms. The van der Waals surface area contributed by atoms with Gasteiger partial charge in [-0.15, -0.1) is 0 Å². The highest BCUT2D eigenvalue weighted by atomic mass is 16.3. The molecule has 228 valence electrons.